The molecule has 0 aliphatic carbocycles. The third-order valence-corrected chi connectivity index (χ3v) is 4.59. The number of methoxy groups -OCH3 is 2. The second-order valence-corrected chi connectivity index (χ2v) is 6.59. The fourth-order valence-corrected chi connectivity index (χ4v) is 3.00. The van der Waals surface area contributed by atoms with Crippen LogP contribution in [0.15, 0.2) is 66.9 Å². The number of benzene rings is 2. The Balaban J connectivity index is 1.79. The molecule has 1 aromatic heterocycles. The lowest BCUT2D eigenvalue weighted by atomic mass is 10.1. The van der Waals surface area contributed by atoms with E-state index in [1.54, 1.807) is 43.5 Å². The molecule has 2 amide bonds. The molecule has 1 N–H and O–H groups in total. The predicted octanol–water partition coefficient (Wildman–Crippen LogP) is 4.51. The van der Waals surface area contributed by atoms with Gasteiger partial charge in [-0.25, -0.2) is 9.18 Å². The quantitative estimate of drug-likeness (QED) is 0.594. The molecular weight excluding hydrogens is 385 g/mol. The van der Waals surface area contributed by atoms with E-state index >= 15 is 0 Å². The first-order valence-corrected chi connectivity index (χ1v) is 9.52. The molecule has 0 saturated carbocycles. The Kier molecular flexibility index (Phi) is 7.21. The van der Waals surface area contributed by atoms with Crippen molar-refractivity contribution in [2.75, 3.05) is 26.1 Å². The molecule has 30 heavy (non-hydrogen) atoms. The van der Waals surface area contributed by atoms with Crippen LogP contribution >= 0.6 is 0 Å². The summed E-state index contributed by atoms with van der Waals surface area (Å²) >= 11 is 0. The van der Waals surface area contributed by atoms with Gasteiger partial charge in [0.05, 0.1) is 19.9 Å². The summed E-state index contributed by atoms with van der Waals surface area (Å²) in [4.78, 5) is 18.9. The highest BCUT2D eigenvalue weighted by Crippen LogP contribution is 2.28. The smallest absolute Gasteiger partial charge is 0.322 e. The maximum atomic E-state index is 14.0. The minimum Gasteiger partial charge on any atom is -0.493 e. The van der Waals surface area contributed by atoms with Crippen molar-refractivity contribution in [2.45, 2.75) is 13.0 Å². The molecule has 156 valence electrons. The number of para-hydroxylation sites is 1. The van der Waals surface area contributed by atoms with Crippen molar-refractivity contribution < 1.29 is 18.7 Å². The monoisotopic (exact) mass is 409 g/mol. The topological polar surface area (TPSA) is 63.7 Å². The molecule has 0 fully saturated rings. The van der Waals surface area contributed by atoms with Crippen LogP contribution in [-0.4, -0.2) is 36.7 Å². The number of pyridine rings is 1. The number of carbonyl (C=O) groups excluding carboxylic acids is 1. The SMILES string of the molecule is COc1ccc(CN(CCc2ccccn2)C(=O)Nc2ccccc2F)cc1OC. The molecule has 7 heteroatoms. The second kappa shape index (κ2) is 10.2. The van der Waals surface area contributed by atoms with Gasteiger partial charge in [0.1, 0.15) is 5.82 Å². The second-order valence-electron chi connectivity index (χ2n) is 6.59. The number of rotatable bonds is 8. The molecule has 0 aliphatic rings. The zero-order valence-electron chi connectivity index (χ0n) is 17.0. The van der Waals surface area contributed by atoms with E-state index in [2.05, 4.69) is 10.3 Å². The number of ether oxygens (including phenoxy) is 2. The Labute approximate surface area is 175 Å². The summed E-state index contributed by atoms with van der Waals surface area (Å²) in [6.45, 7) is 0.721. The Hall–Kier alpha value is -3.61. The van der Waals surface area contributed by atoms with Gasteiger partial charge in [-0.3, -0.25) is 4.98 Å². The lowest BCUT2D eigenvalue weighted by Crippen LogP contribution is -2.36. The fourth-order valence-electron chi connectivity index (χ4n) is 3.00. The number of nitrogens with one attached hydrogen (secondary N) is 1. The highest BCUT2D eigenvalue weighted by atomic mass is 19.1. The predicted molar refractivity (Wildman–Crippen MR) is 113 cm³/mol. The largest absolute Gasteiger partial charge is 0.493 e. The molecular formula is C23H24FN3O3. The molecule has 6 nitrogen and oxygen atoms in total. The van der Waals surface area contributed by atoms with Crippen molar-refractivity contribution in [3.63, 3.8) is 0 Å². The first kappa shape index (κ1) is 21.1. The Bertz CT molecular complexity index is 982. The summed E-state index contributed by atoms with van der Waals surface area (Å²) in [5.74, 6) is 0.702. The standard InChI is InChI=1S/C23H24FN3O3/c1-29-21-11-10-17(15-22(21)30-2)16-27(14-12-18-7-5-6-13-25-18)23(28)26-20-9-4-3-8-19(20)24/h3-11,13,15H,12,14,16H2,1-2H3,(H,26,28). The first-order chi connectivity index (χ1) is 14.6. The zero-order chi connectivity index (χ0) is 21.3. The van der Waals surface area contributed by atoms with Gasteiger partial charge in [-0.05, 0) is 42.0 Å². The molecule has 0 radical (unpaired) electrons. The van der Waals surface area contributed by atoms with Crippen LogP contribution in [-0.2, 0) is 13.0 Å². The number of nitrogens with zero attached hydrogens (tertiary/aromatic N) is 2. The van der Waals surface area contributed by atoms with Crippen LogP contribution in [0.1, 0.15) is 11.3 Å². The van der Waals surface area contributed by atoms with E-state index in [0.29, 0.717) is 31.0 Å². The van der Waals surface area contributed by atoms with E-state index in [1.807, 2.05) is 30.3 Å². The summed E-state index contributed by atoms with van der Waals surface area (Å²) in [6.07, 6.45) is 2.28. The Morgan fingerprint density at radius 1 is 1.03 bits per heavy atom. The van der Waals surface area contributed by atoms with E-state index in [0.717, 1.165) is 11.3 Å². The van der Waals surface area contributed by atoms with Crippen molar-refractivity contribution in [2.24, 2.45) is 0 Å². The number of urea groups is 1. The number of aromatic nitrogens is 1. The van der Waals surface area contributed by atoms with Crippen LogP contribution < -0.4 is 14.8 Å². The molecule has 3 aromatic rings. The average Bonchev–Trinajstić information content (AvgIpc) is 2.78. The Morgan fingerprint density at radius 2 is 1.80 bits per heavy atom. The van der Waals surface area contributed by atoms with Gasteiger partial charge in [0.2, 0.25) is 0 Å². The number of hydrogen-bond acceptors (Lipinski definition) is 4. The van der Waals surface area contributed by atoms with Crippen molar-refractivity contribution in [1.29, 1.82) is 0 Å². The maximum Gasteiger partial charge on any atom is 0.322 e. The lowest BCUT2D eigenvalue weighted by Gasteiger charge is -2.24. The van der Waals surface area contributed by atoms with Gasteiger partial charge in [0.25, 0.3) is 0 Å². The molecule has 0 saturated heterocycles. The molecule has 0 aliphatic heterocycles. The van der Waals surface area contributed by atoms with Crippen LogP contribution in [0.25, 0.3) is 0 Å². The third kappa shape index (κ3) is 5.47. The van der Waals surface area contributed by atoms with Gasteiger partial charge in [0.15, 0.2) is 11.5 Å². The van der Waals surface area contributed by atoms with Crippen LogP contribution in [0.4, 0.5) is 14.9 Å². The van der Waals surface area contributed by atoms with Crippen molar-refractivity contribution in [3.05, 3.63) is 83.9 Å². The van der Waals surface area contributed by atoms with Gasteiger partial charge in [-0.15, -0.1) is 0 Å². The minimum atomic E-state index is -0.485. The fraction of sp³-hybridized carbons (Fsp3) is 0.217. The minimum absolute atomic E-state index is 0.137. The van der Waals surface area contributed by atoms with E-state index in [9.17, 15) is 9.18 Å². The molecule has 0 unspecified atom stereocenters. The number of halogens is 1. The zero-order valence-corrected chi connectivity index (χ0v) is 17.0. The molecule has 0 atom stereocenters. The lowest BCUT2D eigenvalue weighted by molar-refractivity contribution is 0.209. The average molecular weight is 409 g/mol. The maximum absolute atomic E-state index is 14.0. The van der Waals surface area contributed by atoms with Gasteiger partial charge in [-0.1, -0.05) is 24.3 Å². The van der Waals surface area contributed by atoms with Gasteiger partial charge in [-0.2, -0.15) is 0 Å². The molecule has 0 spiro atoms. The molecule has 3 rings (SSSR count). The highest BCUT2D eigenvalue weighted by molar-refractivity contribution is 5.89. The molecule has 0 bridgehead atoms. The number of amides is 2. The molecule has 1 heterocycles. The summed E-state index contributed by atoms with van der Waals surface area (Å²) < 4.78 is 24.6. The van der Waals surface area contributed by atoms with Crippen LogP contribution in [0, 0.1) is 5.82 Å². The van der Waals surface area contributed by atoms with Crippen LogP contribution in [0.5, 0.6) is 11.5 Å². The normalized spacial score (nSPS) is 10.4. The van der Waals surface area contributed by atoms with Crippen LogP contribution in [0.2, 0.25) is 0 Å². The number of carbonyl (C=O) groups is 1. The van der Waals surface area contributed by atoms with Gasteiger partial charge in [0, 0.05) is 31.4 Å². The van der Waals surface area contributed by atoms with E-state index in [-0.39, 0.29) is 5.69 Å². The van der Waals surface area contributed by atoms with Crippen molar-refractivity contribution in [3.8, 4) is 11.5 Å². The number of anilines is 1. The van der Waals surface area contributed by atoms with Crippen molar-refractivity contribution >= 4 is 11.7 Å². The van der Waals surface area contributed by atoms with Gasteiger partial charge < -0.3 is 19.7 Å². The summed E-state index contributed by atoms with van der Waals surface area (Å²) in [6, 6.07) is 16.8. The van der Waals surface area contributed by atoms with Crippen molar-refractivity contribution in [1.82, 2.24) is 9.88 Å². The van der Waals surface area contributed by atoms with Gasteiger partial charge >= 0.3 is 6.03 Å². The Morgan fingerprint density at radius 3 is 2.50 bits per heavy atom. The van der Waals surface area contributed by atoms with Crippen LogP contribution in [0.3, 0.4) is 0 Å². The van der Waals surface area contributed by atoms with E-state index in [4.69, 9.17) is 9.47 Å². The third-order valence-electron chi connectivity index (χ3n) is 4.59. The number of hydrogen-bond donors (Lipinski definition) is 1. The molecule has 2 aromatic carbocycles. The summed E-state index contributed by atoms with van der Waals surface area (Å²) in [7, 11) is 3.13. The first-order valence-electron chi connectivity index (χ1n) is 9.52. The summed E-state index contributed by atoms with van der Waals surface area (Å²) in [5.41, 5.74) is 1.86. The summed E-state index contributed by atoms with van der Waals surface area (Å²) in [5, 5.41) is 2.65. The highest BCUT2D eigenvalue weighted by Gasteiger charge is 2.17. The van der Waals surface area contributed by atoms with E-state index < -0.39 is 11.8 Å². The van der Waals surface area contributed by atoms with E-state index in [1.165, 1.54) is 12.1 Å².